The van der Waals surface area contributed by atoms with E-state index >= 15 is 0 Å². The number of aryl methyl sites for hydroxylation is 2. The monoisotopic (exact) mass is 328 g/mol. The summed E-state index contributed by atoms with van der Waals surface area (Å²) in [5, 5.41) is 4.19. The summed E-state index contributed by atoms with van der Waals surface area (Å²) in [4.78, 5) is 3.20. The predicted octanol–water partition coefficient (Wildman–Crippen LogP) is 1.96. The van der Waals surface area contributed by atoms with Crippen molar-refractivity contribution in [1.29, 1.82) is 0 Å². The lowest BCUT2D eigenvalue weighted by Gasteiger charge is -2.11. The van der Waals surface area contributed by atoms with Crippen LogP contribution in [0.15, 0.2) is 0 Å². The molecule has 1 fully saturated rings. The third kappa shape index (κ3) is 2.44. The summed E-state index contributed by atoms with van der Waals surface area (Å²) in [6.45, 7) is 2.53. The highest BCUT2D eigenvalue weighted by atomic mass is 32.2. The number of H-pyrrole nitrogens is 1. The van der Waals surface area contributed by atoms with Crippen LogP contribution >= 0.6 is 12.2 Å². The summed E-state index contributed by atoms with van der Waals surface area (Å²) in [7, 11) is -1.10. The Morgan fingerprint density at radius 1 is 1.48 bits per heavy atom. The molecule has 0 aliphatic carbocycles. The minimum Gasteiger partial charge on any atom is -0.328 e. The Hall–Kier alpha value is -1.15. The van der Waals surface area contributed by atoms with Gasteiger partial charge in [-0.3, -0.25) is 4.68 Å². The summed E-state index contributed by atoms with van der Waals surface area (Å²) in [6, 6.07) is 0. The van der Waals surface area contributed by atoms with E-state index in [1.54, 1.807) is 4.68 Å². The fourth-order valence-electron chi connectivity index (χ4n) is 3.13. The van der Waals surface area contributed by atoms with E-state index in [1.807, 2.05) is 11.6 Å². The van der Waals surface area contributed by atoms with E-state index in [0.29, 0.717) is 17.1 Å². The van der Waals surface area contributed by atoms with E-state index < -0.39 is 9.84 Å². The molecule has 0 amide bonds. The SMILES string of the molecule is CCCc1nn(C)c2c1[nH]c(=S)n2CC1CCCS1(=O)=O. The maximum Gasteiger partial charge on any atom is 0.179 e. The number of sulfone groups is 1. The highest BCUT2D eigenvalue weighted by Gasteiger charge is 2.32. The zero-order valence-electron chi connectivity index (χ0n) is 12.3. The summed E-state index contributed by atoms with van der Waals surface area (Å²) < 4.78 is 28.4. The molecular formula is C13H20N4O2S2. The Bertz CT molecular complexity index is 828. The molecule has 6 nitrogen and oxygen atoms in total. The first-order valence-electron chi connectivity index (χ1n) is 7.30. The van der Waals surface area contributed by atoms with E-state index in [0.717, 1.165) is 42.5 Å². The lowest BCUT2D eigenvalue weighted by atomic mass is 10.2. The minimum absolute atomic E-state index is 0.297. The molecule has 1 atom stereocenters. The van der Waals surface area contributed by atoms with Crippen molar-refractivity contribution in [2.24, 2.45) is 7.05 Å². The third-order valence-electron chi connectivity index (χ3n) is 4.16. The van der Waals surface area contributed by atoms with E-state index in [1.165, 1.54) is 0 Å². The molecule has 0 aromatic carbocycles. The van der Waals surface area contributed by atoms with Crippen LogP contribution in [0, 0.1) is 4.77 Å². The van der Waals surface area contributed by atoms with Crippen LogP contribution in [-0.2, 0) is 29.9 Å². The highest BCUT2D eigenvalue weighted by molar-refractivity contribution is 7.92. The molecule has 0 bridgehead atoms. The number of hydrogen-bond donors (Lipinski definition) is 1. The molecule has 3 rings (SSSR count). The van der Waals surface area contributed by atoms with E-state index in [9.17, 15) is 8.42 Å². The van der Waals surface area contributed by atoms with Crippen molar-refractivity contribution in [1.82, 2.24) is 19.3 Å². The molecule has 2 aromatic heterocycles. The number of imidazole rings is 1. The van der Waals surface area contributed by atoms with Gasteiger partial charge in [0.1, 0.15) is 5.52 Å². The molecule has 116 valence electrons. The highest BCUT2D eigenvalue weighted by Crippen LogP contribution is 2.25. The van der Waals surface area contributed by atoms with Crippen LogP contribution in [0.2, 0.25) is 0 Å². The first-order chi connectivity index (χ1) is 9.94. The summed E-state index contributed by atoms with van der Waals surface area (Å²) in [6.07, 6.45) is 3.36. The first-order valence-corrected chi connectivity index (χ1v) is 9.42. The van der Waals surface area contributed by atoms with Gasteiger partial charge in [0.15, 0.2) is 20.3 Å². The van der Waals surface area contributed by atoms with Crippen LogP contribution in [0.25, 0.3) is 11.2 Å². The summed E-state index contributed by atoms with van der Waals surface area (Å²) in [5.41, 5.74) is 2.83. The molecular weight excluding hydrogens is 308 g/mol. The molecule has 0 radical (unpaired) electrons. The number of fused-ring (bicyclic) bond motifs is 1. The van der Waals surface area contributed by atoms with Gasteiger partial charge in [-0.2, -0.15) is 5.10 Å². The van der Waals surface area contributed by atoms with Crippen LogP contribution < -0.4 is 0 Å². The maximum absolute atomic E-state index is 12.0. The van der Waals surface area contributed by atoms with Gasteiger partial charge >= 0.3 is 0 Å². The molecule has 1 saturated heterocycles. The van der Waals surface area contributed by atoms with Gasteiger partial charge in [0.2, 0.25) is 0 Å². The molecule has 1 unspecified atom stereocenters. The number of hydrogen-bond acceptors (Lipinski definition) is 4. The molecule has 1 N–H and O–H groups in total. The molecule has 3 heterocycles. The van der Waals surface area contributed by atoms with E-state index in [-0.39, 0.29) is 5.25 Å². The average Bonchev–Trinajstić information content (AvgIpc) is 2.99. The summed E-state index contributed by atoms with van der Waals surface area (Å²) >= 11 is 5.39. The zero-order valence-corrected chi connectivity index (χ0v) is 13.9. The van der Waals surface area contributed by atoms with Crippen LogP contribution in [-0.4, -0.2) is 38.8 Å². The van der Waals surface area contributed by atoms with Crippen molar-refractivity contribution in [3.8, 4) is 0 Å². The zero-order chi connectivity index (χ0) is 15.2. The van der Waals surface area contributed by atoms with Gasteiger partial charge in [0.25, 0.3) is 0 Å². The lowest BCUT2D eigenvalue weighted by Crippen LogP contribution is -2.22. The number of nitrogens with one attached hydrogen (secondary N) is 1. The second kappa shape index (κ2) is 5.24. The van der Waals surface area contributed by atoms with E-state index in [4.69, 9.17) is 12.2 Å². The normalized spacial score (nSPS) is 21.3. The molecule has 2 aromatic rings. The van der Waals surface area contributed by atoms with Gasteiger partial charge < -0.3 is 9.55 Å². The second-order valence-corrected chi connectivity index (χ2v) is 8.48. The van der Waals surface area contributed by atoms with Crippen LogP contribution in [0.5, 0.6) is 0 Å². The van der Waals surface area contributed by atoms with Crippen molar-refractivity contribution in [2.45, 2.75) is 44.4 Å². The molecule has 0 saturated carbocycles. The van der Waals surface area contributed by atoms with Gasteiger partial charge in [0, 0.05) is 13.6 Å². The molecule has 1 aliphatic heterocycles. The quantitative estimate of drug-likeness (QED) is 0.871. The maximum atomic E-state index is 12.0. The lowest BCUT2D eigenvalue weighted by molar-refractivity contribution is 0.563. The average molecular weight is 328 g/mol. The second-order valence-electron chi connectivity index (χ2n) is 5.69. The van der Waals surface area contributed by atoms with Crippen molar-refractivity contribution < 1.29 is 8.42 Å². The fourth-order valence-corrected chi connectivity index (χ4v) is 5.19. The largest absolute Gasteiger partial charge is 0.328 e. The van der Waals surface area contributed by atoms with Gasteiger partial charge in [0.05, 0.1) is 16.7 Å². The Labute approximate surface area is 129 Å². The summed E-state index contributed by atoms with van der Waals surface area (Å²) in [5.74, 6) is 0.297. The predicted molar refractivity (Wildman–Crippen MR) is 84.7 cm³/mol. The van der Waals surface area contributed by atoms with Gasteiger partial charge in [-0.05, 0) is 31.5 Å². The van der Waals surface area contributed by atoms with Crippen molar-refractivity contribution >= 4 is 33.2 Å². The number of rotatable bonds is 4. The third-order valence-corrected chi connectivity index (χ3v) is 6.74. The van der Waals surface area contributed by atoms with Crippen LogP contribution in [0.4, 0.5) is 0 Å². The number of nitrogens with zero attached hydrogens (tertiary/aromatic N) is 3. The van der Waals surface area contributed by atoms with Gasteiger partial charge in [-0.1, -0.05) is 13.3 Å². The topological polar surface area (TPSA) is 72.7 Å². The fraction of sp³-hybridized carbons (Fsp3) is 0.692. The van der Waals surface area contributed by atoms with Crippen molar-refractivity contribution in [3.63, 3.8) is 0 Å². The number of aromatic amines is 1. The first kappa shape index (κ1) is 14.8. The standard InChI is InChI=1S/C13H20N4O2S2/c1-3-5-10-11-12(16(2)15-10)17(13(20)14-11)8-9-6-4-7-21(9,18)19/h9H,3-8H2,1-2H3,(H,14,20). The van der Waals surface area contributed by atoms with Crippen LogP contribution in [0.1, 0.15) is 31.9 Å². The molecule has 0 spiro atoms. The minimum atomic E-state index is -2.98. The van der Waals surface area contributed by atoms with Crippen molar-refractivity contribution in [2.75, 3.05) is 5.75 Å². The Kier molecular flexibility index (Phi) is 3.69. The molecule has 8 heteroatoms. The Balaban J connectivity index is 2.07. The van der Waals surface area contributed by atoms with Crippen molar-refractivity contribution in [3.05, 3.63) is 10.5 Å². The number of aromatic nitrogens is 4. The van der Waals surface area contributed by atoms with Crippen LogP contribution in [0.3, 0.4) is 0 Å². The Morgan fingerprint density at radius 2 is 2.24 bits per heavy atom. The van der Waals surface area contributed by atoms with E-state index in [2.05, 4.69) is 17.0 Å². The smallest absolute Gasteiger partial charge is 0.179 e. The van der Waals surface area contributed by atoms with Gasteiger partial charge in [-0.15, -0.1) is 0 Å². The Morgan fingerprint density at radius 3 is 2.86 bits per heavy atom. The molecule has 21 heavy (non-hydrogen) atoms. The van der Waals surface area contributed by atoms with Gasteiger partial charge in [-0.25, -0.2) is 8.42 Å². The molecule has 1 aliphatic rings.